The van der Waals surface area contributed by atoms with Gasteiger partial charge < -0.3 is 10.6 Å². The molecule has 1 aliphatic carbocycles. The van der Waals surface area contributed by atoms with Crippen LogP contribution in [0.1, 0.15) is 61.0 Å². The molecule has 2 N–H and O–H groups in total. The molecule has 0 aromatic carbocycles. The Morgan fingerprint density at radius 3 is 2.71 bits per heavy atom. The molecule has 186 valence electrons. The van der Waals surface area contributed by atoms with Crippen LogP contribution >= 0.6 is 0 Å². The van der Waals surface area contributed by atoms with Crippen LogP contribution in [0.4, 0.5) is 5.95 Å². The van der Waals surface area contributed by atoms with Crippen molar-refractivity contribution in [3.8, 4) is 0 Å². The predicted octanol–water partition coefficient (Wildman–Crippen LogP) is 3.22. The van der Waals surface area contributed by atoms with Crippen molar-refractivity contribution in [3.05, 3.63) is 52.6 Å². The molecule has 1 aliphatic heterocycles. The number of Topliss-reactive ketones (excluding diaryl/α,β-unsaturated/α-hetero) is 1. The first-order valence-corrected chi connectivity index (χ1v) is 12.5. The molecule has 2 aliphatic rings. The van der Waals surface area contributed by atoms with E-state index in [1.54, 1.807) is 17.7 Å². The second-order valence-electron chi connectivity index (χ2n) is 9.23. The highest BCUT2D eigenvalue weighted by Crippen LogP contribution is 2.30. The van der Waals surface area contributed by atoms with Gasteiger partial charge in [0.25, 0.3) is 5.56 Å². The maximum atomic E-state index is 13.5. The minimum Gasteiger partial charge on any atom is -0.314 e. The number of pyridine rings is 1. The van der Waals surface area contributed by atoms with Crippen LogP contribution in [0.15, 0.2) is 40.9 Å². The predicted molar refractivity (Wildman–Crippen MR) is 140 cm³/mol. The van der Waals surface area contributed by atoms with Crippen LogP contribution in [0.2, 0.25) is 0 Å². The van der Waals surface area contributed by atoms with Crippen LogP contribution in [0.5, 0.6) is 0 Å². The molecule has 0 amide bonds. The van der Waals surface area contributed by atoms with Gasteiger partial charge in [0.2, 0.25) is 5.95 Å². The molecule has 4 rings (SSSR count). The zero-order chi connectivity index (χ0) is 24.8. The lowest BCUT2D eigenvalue weighted by atomic mass is 9.94. The van der Waals surface area contributed by atoms with E-state index in [4.69, 9.17) is 4.98 Å². The number of hydrogen-bond acceptors (Lipinski definition) is 7. The zero-order valence-corrected chi connectivity index (χ0v) is 20.7. The van der Waals surface area contributed by atoms with Gasteiger partial charge in [0.15, 0.2) is 5.78 Å². The first-order valence-electron chi connectivity index (χ1n) is 12.5. The van der Waals surface area contributed by atoms with Gasteiger partial charge in [-0.2, -0.15) is 4.98 Å². The van der Waals surface area contributed by atoms with Gasteiger partial charge in [0.05, 0.1) is 5.56 Å². The Morgan fingerprint density at radius 1 is 1.29 bits per heavy atom. The molecule has 0 radical (unpaired) electrons. The van der Waals surface area contributed by atoms with Gasteiger partial charge in [-0.05, 0) is 38.3 Å². The number of fused-ring (bicyclic) bond motifs is 1. The molecule has 9 nitrogen and oxygen atoms in total. The Balaban J connectivity index is 1.68. The average molecular weight is 478 g/mol. The van der Waals surface area contributed by atoms with Crippen LogP contribution in [0.25, 0.3) is 11.0 Å². The molecule has 2 fully saturated rings. The van der Waals surface area contributed by atoms with E-state index in [9.17, 15) is 9.59 Å². The molecule has 9 heteroatoms. The van der Waals surface area contributed by atoms with Gasteiger partial charge >= 0.3 is 0 Å². The van der Waals surface area contributed by atoms with Gasteiger partial charge in [-0.15, -0.1) is 0 Å². The standard InChI is InChI=1S/C26H35N7O2/c1-4-28-22(11-8-14-32-15-12-27-13-16-32)30-26-29-17-21-18(2)23(19(3)34)25(35)33(24(21)31-26)20-9-6-5-7-10-20/h4,8,11,17,20,27H,1,5-7,9-10,12-16H2,2-3H3,(H,28,29,30,31)/b11-8-. The van der Waals surface area contributed by atoms with Crippen LogP contribution in [0.3, 0.4) is 0 Å². The van der Waals surface area contributed by atoms with E-state index in [0.29, 0.717) is 23.0 Å². The fourth-order valence-corrected chi connectivity index (χ4v) is 5.02. The molecule has 0 bridgehead atoms. The Labute approximate surface area is 206 Å². The van der Waals surface area contributed by atoms with E-state index >= 15 is 0 Å². The van der Waals surface area contributed by atoms with Crippen LogP contribution in [-0.2, 0) is 0 Å². The summed E-state index contributed by atoms with van der Waals surface area (Å²) < 4.78 is 1.73. The van der Waals surface area contributed by atoms with E-state index in [0.717, 1.165) is 70.2 Å². The molecule has 0 atom stereocenters. The third-order valence-electron chi connectivity index (χ3n) is 6.82. The summed E-state index contributed by atoms with van der Waals surface area (Å²) in [5.41, 5.74) is 1.17. The summed E-state index contributed by atoms with van der Waals surface area (Å²) in [6.07, 6.45) is 12.2. The van der Waals surface area contributed by atoms with Crippen LogP contribution in [0, 0.1) is 6.92 Å². The van der Waals surface area contributed by atoms with Crippen molar-refractivity contribution >= 4 is 28.6 Å². The summed E-state index contributed by atoms with van der Waals surface area (Å²) in [5, 5.41) is 7.25. The second-order valence-corrected chi connectivity index (χ2v) is 9.23. The minimum atomic E-state index is -0.255. The Bertz CT molecular complexity index is 1200. The maximum Gasteiger partial charge on any atom is 0.263 e. The molecule has 35 heavy (non-hydrogen) atoms. The SMILES string of the molecule is C=CN=C(/C=C\CN1CCNCC1)Nc1ncc2c(C)c(C(C)=O)c(=O)n(C3CCCCC3)c2n1. The number of carbonyl (C=O) groups excluding carboxylic acids is 1. The number of anilines is 1. The number of nitrogens with zero attached hydrogens (tertiary/aromatic N) is 5. The zero-order valence-electron chi connectivity index (χ0n) is 20.7. The first kappa shape index (κ1) is 24.9. The fourth-order valence-electron chi connectivity index (χ4n) is 5.02. The minimum absolute atomic E-state index is 0.0282. The van der Waals surface area contributed by atoms with Gasteiger partial charge in [-0.25, -0.2) is 9.98 Å². The molecule has 3 heterocycles. The highest BCUT2D eigenvalue weighted by Gasteiger charge is 2.25. The van der Waals surface area contributed by atoms with E-state index in [2.05, 4.69) is 38.2 Å². The monoisotopic (exact) mass is 477 g/mol. The third-order valence-corrected chi connectivity index (χ3v) is 6.82. The van der Waals surface area contributed by atoms with Crippen molar-refractivity contribution in [2.24, 2.45) is 4.99 Å². The number of aliphatic imine (C=N–C) groups is 1. The molecule has 0 spiro atoms. The first-order chi connectivity index (χ1) is 17.0. The fraction of sp³-hybridized carbons (Fsp3) is 0.500. The summed E-state index contributed by atoms with van der Waals surface area (Å²) in [7, 11) is 0. The number of piperazine rings is 1. The molecule has 1 saturated carbocycles. The van der Waals surface area contributed by atoms with E-state index < -0.39 is 0 Å². The highest BCUT2D eigenvalue weighted by molar-refractivity contribution is 6.03. The van der Waals surface area contributed by atoms with Gasteiger partial charge in [-0.3, -0.25) is 19.1 Å². The number of nitrogens with one attached hydrogen (secondary N) is 2. The lowest BCUT2D eigenvalue weighted by Crippen LogP contribution is -2.43. The highest BCUT2D eigenvalue weighted by atomic mass is 16.1. The van der Waals surface area contributed by atoms with E-state index in [1.807, 2.05) is 6.08 Å². The van der Waals surface area contributed by atoms with Crippen molar-refractivity contribution in [1.82, 2.24) is 24.8 Å². The largest absolute Gasteiger partial charge is 0.314 e. The number of ketones is 1. The van der Waals surface area contributed by atoms with Gasteiger partial charge in [-0.1, -0.05) is 31.9 Å². The van der Waals surface area contributed by atoms with Crippen molar-refractivity contribution in [2.45, 2.75) is 52.0 Å². The molecule has 1 saturated heterocycles. The lowest BCUT2D eigenvalue weighted by Gasteiger charge is -2.26. The topological polar surface area (TPSA) is 105 Å². The molecule has 2 aromatic rings. The summed E-state index contributed by atoms with van der Waals surface area (Å²) in [4.78, 5) is 41.8. The van der Waals surface area contributed by atoms with E-state index in [1.165, 1.54) is 13.1 Å². The third kappa shape index (κ3) is 5.74. The number of carbonyl (C=O) groups is 1. The molecular formula is C26H35N7O2. The maximum absolute atomic E-state index is 13.5. The lowest BCUT2D eigenvalue weighted by molar-refractivity contribution is 0.101. The van der Waals surface area contributed by atoms with Crippen LogP contribution < -0.4 is 16.2 Å². The Kier molecular flexibility index (Phi) is 8.20. The summed E-state index contributed by atoms with van der Waals surface area (Å²) in [6.45, 7) is 11.8. The second kappa shape index (κ2) is 11.5. The summed E-state index contributed by atoms with van der Waals surface area (Å²) in [5.74, 6) is 0.693. The molecule has 2 aromatic heterocycles. The smallest absolute Gasteiger partial charge is 0.263 e. The molecular weight excluding hydrogens is 442 g/mol. The van der Waals surface area contributed by atoms with E-state index in [-0.39, 0.29) is 22.9 Å². The van der Waals surface area contributed by atoms with Crippen LogP contribution in [-0.4, -0.2) is 63.8 Å². The normalized spacial score (nSPS) is 18.3. The quantitative estimate of drug-likeness (QED) is 0.358. The summed E-state index contributed by atoms with van der Waals surface area (Å²) >= 11 is 0. The number of amidine groups is 1. The number of hydrogen-bond donors (Lipinski definition) is 2. The number of aromatic nitrogens is 3. The number of aryl methyl sites for hydroxylation is 1. The Morgan fingerprint density at radius 2 is 2.03 bits per heavy atom. The molecule has 0 unspecified atom stereocenters. The Hall–Kier alpha value is -3.17. The average Bonchev–Trinajstić information content (AvgIpc) is 2.85. The van der Waals surface area contributed by atoms with Gasteiger partial charge in [0, 0.05) is 56.5 Å². The van der Waals surface area contributed by atoms with Crippen molar-refractivity contribution < 1.29 is 4.79 Å². The van der Waals surface area contributed by atoms with Gasteiger partial charge in [0.1, 0.15) is 11.5 Å². The van der Waals surface area contributed by atoms with Crippen molar-refractivity contribution in [2.75, 3.05) is 38.0 Å². The summed E-state index contributed by atoms with van der Waals surface area (Å²) in [6, 6.07) is 0.0282. The number of rotatable bonds is 7. The van der Waals surface area contributed by atoms with Crippen molar-refractivity contribution in [1.29, 1.82) is 0 Å². The van der Waals surface area contributed by atoms with Crippen molar-refractivity contribution in [3.63, 3.8) is 0 Å².